The number of para-hydroxylation sites is 6. The summed E-state index contributed by atoms with van der Waals surface area (Å²) in [5.41, 5.74) is 19.8. The molecule has 78 heavy (non-hydrogen) atoms. The van der Waals surface area contributed by atoms with Crippen LogP contribution >= 0.6 is 0 Å². The number of benzene rings is 12. The average molecular weight is 988 g/mol. The molecule has 7 aromatic heterocycles. The Morgan fingerprint density at radius 3 is 1.47 bits per heavy atom. The highest BCUT2D eigenvalue weighted by molar-refractivity contribution is 6.33. The van der Waals surface area contributed by atoms with Gasteiger partial charge in [-0.15, -0.1) is 0 Å². The van der Waals surface area contributed by atoms with Gasteiger partial charge in [0.25, 0.3) is 0 Å². The van der Waals surface area contributed by atoms with Crippen LogP contribution in [0.3, 0.4) is 0 Å². The third kappa shape index (κ3) is 5.09. The molecule has 0 aliphatic carbocycles. The van der Waals surface area contributed by atoms with Crippen molar-refractivity contribution < 1.29 is 0 Å². The predicted molar refractivity (Wildman–Crippen MR) is 328 cm³/mol. The molecule has 5 nitrogen and oxygen atoms in total. The minimum atomic E-state index is 0.978. The zero-order valence-electron chi connectivity index (χ0n) is 41.9. The monoisotopic (exact) mass is 987 g/mol. The Labute approximate surface area is 444 Å². The average Bonchev–Trinajstić information content (AvgIpc) is 3.66. The van der Waals surface area contributed by atoms with Gasteiger partial charge in [0, 0.05) is 81.8 Å². The molecule has 7 heterocycles. The van der Waals surface area contributed by atoms with Gasteiger partial charge in [-0.3, -0.25) is 4.40 Å². The van der Waals surface area contributed by atoms with Crippen LogP contribution in [0.2, 0.25) is 0 Å². The lowest BCUT2D eigenvalue weighted by atomic mass is 9.93. The number of rotatable bonds is 4. The highest BCUT2D eigenvalue weighted by atomic mass is 15.0. The van der Waals surface area contributed by atoms with E-state index in [0.29, 0.717) is 0 Å². The zero-order valence-corrected chi connectivity index (χ0v) is 41.9. The minimum Gasteiger partial charge on any atom is -0.309 e. The van der Waals surface area contributed by atoms with Crippen LogP contribution in [0.4, 0.5) is 0 Å². The largest absolute Gasteiger partial charge is 0.309 e. The second kappa shape index (κ2) is 14.7. The molecule has 0 atom stereocenters. The normalized spacial score (nSPS) is 12.6. The highest BCUT2D eigenvalue weighted by Crippen LogP contribution is 2.50. The molecule has 0 saturated heterocycles. The van der Waals surface area contributed by atoms with Gasteiger partial charge in [0.1, 0.15) is 5.65 Å². The van der Waals surface area contributed by atoms with E-state index in [4.69, 9.17) is 4.98 Å². The number of hydrogen-bond donors (Lipinski definition) is 0. The van der Waals surface area contributed by atoms with Crippen LogP contribution in [0.25, 0.3) is 175 Å². The Morgan fingerprint density at radius 2 is 0.782 bits per heavy atom. The molecular formula is C73H41N5. The van der Waals surface area contributed by atoms with Gasteiger partial charge in [0.15, 0.2) is 0 Å². The molecule has 0 fully saturated rings. The summed E-state index contributed by atoms with van der Waals surface area (Å²) in [6, 6.07) is 92.3. The van der Waals surface area contributed by atoms with Crippen molar-refractivity contribution in [3.8, 4) is 33.6 Å². The molecule has 5 heteroatoms. The van der Waals surface area contributed by atoms with E-state index in [1.807, 2.05) is 0 Å². The van der Waals surface area contributed by atoms with E-state index < -0.39 is 0 Å². The van der Waals surface area contributed by atoms with Crippen LogP contribution in [0.1, 0.15) is 0 Å². The lowest BCUT2D eigenvalue weighted by Crippen LogP contribution is -1.93. The van der Waals surface area contributed by atoms with Crippen molar-refractivity contribution in [2.45, 2.75) is 0 Å². The molecule has 19 aromatic rings. The van der Waals surface area contributed by atoms with Gasteiger partial charge in [-0.2, -0.15) is 0 Å². The smallest absolute Gasteiger partial charge is 0.146 e. The van der Waals surface area contributed by atoms with Crippen LogP contribution in [0.5, 0.6) is 0 Å². The first-order chi connectivity index (χ1) is 38.7. The Kier molecular flexibility index (Phi) is 7.68. The first-order valence-corrected chi connectivity index (χ1v) is 27.0. The van der Waals surface area contributed by atoms with Gasteiger partial charge in [0.05, 0.1) is 55.2 Å². The van der Waals surface area contributed by atoms with Gasteiger partial charge in [0.2, 0.25) is 0 Å². The van der Waals surface area contributed by atoms with Gasteiger partial charge in [-0.05, 0) is 112 Å². The maximum Gasteiger partial charge on any atom is 0.146 e. The van der Waals surface area contributed by atoms with Crippen molar-refractivity contribution in [1.82, 2.24) is 22.9 Å². The fourth-order valence-corrected chi connectivity index (χ4v) is 14.4. The Bertz CT molecular complexity index is 5760. The van der Waals surface area contributed by atoms with E-state index in [9.17, 15) is 0 Å². The summed E-state index contributed by atoms with van der Waals surface area (Å²) >= 11 is 0. The predicted octanol–water partition coefficient (Wildman–Crippen LogP) is 19.2. The molecule has 0 spiro atoms. The maximum absolute atomic E-state index is 5.96. The number of hydrogen-bond acceptors (Lipinski definition) is 1. The number of aromatic nitrogens is 5. The summed E-state index contributed by atoms with van der Waals surface area (Å²) in [5.74, 6) is 0. The van der Waals surface area contributed by atoms with Gasteiger partial charge < -0.3 is 13.5 Å². The van der Waals surface area contributed by atoms with E-state index in [1.54, 1.807) is 0 Å². The highest BCUT2D eigenvalue weighted by Gasteiger charge is 2.28. The summed E-state index contributed by atoms with van der Waals surface area (Å²) in [6.07, 6.45) is 0. The van der Waals surface area contributed by atoms with Crippen LogP contribution in [0.15, 0.2) is 249 Å². The van der Waals surface area contributed by atoms with E-state index in [-0.39, 0.29) is 0 Å². The molecule has 0 bridgehead atoms. The summed E-state index contributed by atoms with van der Waals surface area (Å²) < 4.78 is 9.88. The second-order valence-corrected chi connectivity index (χ2v) is 21.4. The number of nitrogens with zero attached hydrogens (tertiary/aromatic N) is 5. The minimum absolute atomic E-state index is 0.978. The summed E-state index contributed by atoms with van der Waals surface area (Å²) in [7, 11) is 0. The van der Waals surface area contributed by atoms with Crippen LogP contribution in [-0.2, 0) is 0 Å². The summed E-state index contributed by atoms with van der Waals surface area (Å²) in [4.78, 5) is 5.96. The SMILES string of the molecule is c1ccc(-n2c3ccccc3c3cc(-c4c5ccccc5cc5c6cccc7c8nc9c(cc8n(c45)c67)c4cccc5c6c7ccccc7cc(-c7ccc8c(c7)c7ccccc7n8-c7ccccc7)c6n9c45)ccc32)cc1. The molecule has 0 aliphatic rings. The molecule has 0 radical (unpaired) electrons. The number of fused-ring (bicyclic) bond motifs is 21. The fourth-order valence-electron chi connectivity index (χ4n) is 14.4. The van der Waals surface area contributed by atoms with E-state index in [0.717, 1.165) is 38.8 Å². The molecular weight excluding hydrogens is 947 g/mol. The third-order valence-electron chi connectivity index (χ3n) is 17.5. The van der Waals surface area contributed by atoms with Crippen LogP contribution in [-0.4, -0.2) is 22.9 Å². The van der Waals surface area contributed by atoms with E-state index in [1.165, 1.54) is 136 Å². The van der Waals surface area contributed by atoms with Crippen LogP contribution < -0.4 is 0 Å². The lowest BCUT2D eigenvalue weighted by Gasteiger charge is -2.13. The van der Waals surface area contributed by atoms with Crippen molar-refractivity contribution in [1.29, 1.82) is 0 Å². The quantitative estimate of drug-likeness (QED) is 0.173. The van der Waals surface area contributed by atoms with Gasteiger partial charge >= 0.3 is 0 Å². The Morgan fingerprint density at radius 1 is 0.269 bits per heavy atom. The topological polar surface area (TPSA) is 31.6 Å². The van der Waals surface area contributed by atoms with Crippen LogP contribution in [0, 0.1) is 0 Å². The Balaban J connectivity index is 0.921. The van der Waals surface area contributed by atoms with Crippen molar-refractivity contribution >= 4 is 142 Å². The number of pyridine rings is 1. The standard InChI is InChI=1S/C73H41N5/c1-3-19-46(20-4-1)75-61-31-13-11-25-50(61)57-38-44(33-35-63(57)75)56-37-42-17-8-10-24-49(42)67-54-29-15-28-53-60-41-65-68(74-73(60)78(69(53)54)71(56)67)55-30-16-27-52-59-39-43-18-7-9-23-48(43)66(72(59)77(65)70(52)55)45-34-36-64-58(40-45)51-26-12-14-32-62(51)76(64)47-21-5-2-6-22-47/h1-41H. The van der Waals surface area contributed by atoms with E-state index in [2.05, 4.69) is 267 Å². The van der Waals surface area contributed by atoms with Crippen molar-refractivity contribution in [3.05, 3.63) is 249 Å². The first kappa shape index (κ1) is 40.8. The molecule has 0 amide bonds. The maximum atomic E-state index is 5.96. The van der Waals surface area contributed by atoms with Gasteiger partial charge in [-0.1, -0.05) is 170 Å². The second-order valence-electron chi connectivity index (χ2n) is 21.4. The van der Waals surface area contributed by atoms with E-state index >= 15 is 0 Å². The van der Waals surface area contributed by atoms with Gasteiger partial charge in [-0.25, -0.2) is 4.98 Å². The van der Waals surface area contributed by atoms with Crippen molar-refractivity contribution in [2.24, 2.45) is 0 Å². The summed E-state index contributed by atoms with van der Waals surface area (Å²) in [6.45, 7) is 0. The molecule has 0 aliphatic heterocycles. The fraction of sp³-hybridized carbons (Fsp3) is 0. The molecule has 12 aromatic carbocycles. The lowest BCUT2D eigenvalue weighted by molar-refractivity contribution is 1.18. The van der Waals surface area contributed by atoms with Crippen molar-refractivity contribution in [3.63, 3.8) is 0 Å². The Hall–Kier alpha value is -10.5. The van der Waals surface area contributed by atoms with Crippen molar-refractivity contribution in [2.75, 3.05) is 0 Å². The zero-order chi connectivity index (χ0) is 50.5. The molecule has 358 valence electrons. The third-order valence-corrected chi connectivity index (χ3v) is 17.5. The summed E-state index contributed by atoms with van der Waals surface area (Å²) in [5, 5.41) is 18.4. The molecule has 19 rings (SSSR count). The molecule has 0 N–H and O–H groups in total. The molecule has 0 unspecified atom stereocenters. The first-order valence-electron chi connectivity index (χ1n) is 27.0. The molecule has 0 saturated carbocycles.